The second kappa shape index (κ2) is 6.28. The number of anilines is 1. The topological polar surface area (TPSA) is 80.0 Å². The molecular weight excluding hydrogens is 288 g/mol. The number of carbonyl (C=O) groups is 1. The predicted octanol–water partition coefficient (Wildman–Crippen LogP) is 1.84. The van der Waals surface area contributed by atoms with E-state index >= 15 is 0 Å². The summed E-state index contributed by atoms with van der Waals surface area (Å²) in [6.45, 7) is -0.0387. The quantitative estimate of drug-likeness (QED) is 0.796. The molecule has 1 aromatic carbocycles. The highest BCUT2D eigenvalue weighted by molar-refractivity contribution is 7.99. The lowest BCUT2D eigenvalue weighted by molar-refractivity contribution is -0.113. The van der Waals surface area contributed by atoms with E-state index < -0.39 is 0 Å². The summed E-state index contributed by atoms with van der Waals surface area (Å²) in [5.74, 6) is 0.190. The lowest BCUT2D eigenvalue weighted by Crippen LogP contribution is -2.14. The van der Waals surface area contributed by atoms with Crippen molar-refractivity contribution in [3.8, 4) is 0 Å². The molecule has 2 N–H and O–H groups in total. The highest BCUT2D eigenvalue weighted by Crippen LogP contribution is 2.37. The van der Waals surface area contributed by atoms with Crippen LogP contribution in [0.15, 0.2) is 35.7 Å². The van der Waals surface area contributed by atoms with Crippen LogP contribution in [-0.4, -0.2) is 31.5 Å². The Morgan fingerprint density at radius 1 is 1.48 bits per heavy atom. The van der Waals surface area contributed by atoms with Gasteiger partial charge in [-0.1, -0.05) is 23.9 Å². The minimum absolute atomic E-state index is 0.0387. The molecule has 0 atom stereocenters. The Balaban J connectivity index is 1.55. The molecule has 2 aromatic rings. The van der Waals surface area contributed by atoms with Crippen LogP contribution in [0.3, 0.4) is 0 Å². The molecule has 0 radical (unpaired) electrons. The van der Waals surface area contributed by atoms with Gasteiger partial charge in [-0.05, 0) is 30.5 Å². The third-order valence-corrected chi connectivity index (χ3v) is 4.16. The molecule has 1 saturated carbocycles. The molecule has 3 rings (SSSR count). The fourth-order valence-corrected chi connectivity index (χ4v) is 2.80. The average Bonchev–Trinajstić information content (AvgIpc) is 3.24. The van der Waals surface area contributed by atoms with E-state index in [1.165, 1.54) is 11.8 Å². The normalized spacial score (nSPS) is 14.1. The molecule has 0 unspecified atom stereocenters. The molecule has 0 aliphatic heterocycles. The number of hydrogen-bond acceptors (Lipinski definition) is 5. The molecule has 1 aliphatic rings. The SMILES string of the molecule is O=C(CSc1nncn1C1CC1)Nc1cccc(CO)c1. The Bertz CT molecular complexity index is 639. The highest BCUT2D eigenvalue weighted by atomic mass is 32.2. The summed E-state index contributed by atoms with van der Waals surface area (Å²) in [6, 6.07) is 7.68. The van der Waals surface area contributed by atoms with E-state index in [4.69, 9.17) is 5.11 Å². The fraction of sp³-hybridized carbons (Fsp3) is 0.357. The van der Waals surface area contributed by atoms with Crippen LogP contribution in [-0.2, 0) is 11.4 Å². The molecule has 7 heteroatoms. The van der Waals surface area contributed by atoms with Crippen LogP contribution >= 0.6 is 11.8 Å². The van der Waals surface area contributed by atoms with Gasteiger partial charge in [-0.2, -0.15) is 0 Å². The molecule has 0 spiro atoms. The number of amides is 1. The molecule has 1 heterocycles. The van der Waals surface area contributed by atoms with Crippen molar-refractivity contribution in [2.24, 2.45) is 0 Å². The molecule has 1 aromatic heterocycles. The van der Waals surface area contributed by atoms with E-state index in [2.05, 4.69) is 15.5 Å². The first-order valence-electron chi connectivity index (χ1n) is 6.78. The fourth-order valence-electron chi connectivity index (χ4n) is 2.01. The van der Waals surface area contributed by atoms with E-state index in [1.807, 2.05) is 10.6 Å². The summed E-state index contributed by atoms with van der Waals surface area (Å²) in [4.78, 5) is 12.0. The smallest absolute Gasteiger partial charge is 0.234 e. The maximum absolute atomic E-state index is 12.0. The zero-order chi connectivity index (χ0) is 14.7. The number of nitrogens with one attached hydrogen (secondary N) is 1. The van der Waals surface area contributed by atoms with Crippen LogP contribution in [0.25, 0.3) is 0 Å². The van der Waals surface area contributed by atoms with Crippen molar-refractivity contribution in [2.45, 2.75) is 30.6 Å². The number of benzene rings is 1. The minimum atomic E-state index is -0.0968. The molecule has 1 aliphatic carbocycles. The van der Waals surface area contributed by atoms with E-state index in [0.717, 1.165) is 23.6 Å². The summed E-state index contributed by atoms with van der Waals surface area (Å²) in [6.07, 6.45) is 4.04. The maximum Gasteiger partial charge on any atom is 0.234 e. The van der Waals surface area contributed by atoms with Crippen LogP contribution in [0.2, 0.25) is 0 Å². The number of aliphatic hydroxyl groups is 1. The monoisotopic (exact) mass is 304 g/mol. The molecule has 110 valence electrons. The van der Waals surface area contributed by atoms with Gasteiger partial charge in [0.1, 0.15) is 6.33 Å². The number of aliphatic hydroxyl groups excluding tert-OH is 1. The first kappa shape index (κ1) is 14.1. The Morgan fingerprint density at radius 3 is 3.10 bits per heavy atom. The Morgan fingerprint density at radius 2 is 2.33 bits per heavy atom. The van der Waals surface area contributed by atoms with Gasteiger partial charge in [0.15, 0.2) is 5.16 Å². The maximum atomic E-state index is 12.0. The second-order valence-corrected chi connectivity index (χ2v) is 5.89. The van der Waals surface area contributed by atoms with Gasteiger partial charge in [0, 0.05) is 11.7 Å². The van der Waals surface area contributed by atoms with Gasteiger partial charge in [0.2, 0.25) is 5.91 Å². The first-order chi connectivity index (χ1) is 10.3. The number of thioether (sulfide) groups is 1. The van der Waals surface area contributed by atoms with Gasteiger partial charge in [0.05, 0.1) is 12.4 Å². The van der Waals surface area contributed by atoms with Gasteiger partial charge >= 0.3 is 0 Å². The van der Waals surface area contributed by atoms with Crippen LogP contribution in [0.1, 0.15) is 24.4 Å². The van der Waals surface area contributed by atoms with Gasteiger partial charge in [-0.25, -0.2) is 0 Å². The van der Waals surface area contributed by atoms with E-state index in [-0.39, 0.29) is 18.3 Å². The largest absolute Gasteiger partial charge is 0.392 e. The number of nitrogens with zero attached hydrogens (tertiary/aromatic N) is 3. The van der Waals surface area contributed by atoms with Crippen molar-refractivity contribution in [3.05, 3.63) is 36.2 Å². The molecule has 0 saturated heterocycles. The average molecular weight is 304 g/mol. The van der Waals surface area contributed by atoms with Crippen LogP contribution in [0.4, 0.5) is 5.69 Å². The molecular formula is C14H16N4O2S. The molecule has 0 bridgehead atoms. The van der Waals surface area contributed by atoms with Crippen molar-refractivity contribution in [1.29, 1.82) is 0 Å². The first-order valence-corrected chi connectivity index (χ1v) is 7.77. The number of hydrogen-bond donors (Lipinski definition) is 2. The van der Waals surface area contributed by atoms with Gasteiger partial charge < -0.3 is 15.0 Å². The Hall–Kier alpha value is -1.86. The number of rotatable bonds is 6. The summed E-state index contributed by atoms with van der Waals surface area (Å²) in [7, 11) is 0. The molecule has 6 nitrogen and oxygen atoms in total. The second-order valence-electron chi connectivity index (χ2n) is 4.95. The van der Waals surface area contributed by atoms with E-state index in [1.54, 1.807) is 24.5 Å². The van der Waals surface area contributed by atoms with Crippen molar-refractivity contribution in [2.75, 3.05) is 11.1 Å². The summed E-state index contributed by atoms with van der Waals surface area (Å²) < 4.78 is 2.03. The Kier molecular flexibility index (Phi) is 4.21. The third kappa shape index (κ3) is 3.62. The zero-order valence-electron chi connectivity index (χ0n) is 11.4. The van der Waals surface area contributed by atoms with Crippen molar-refractivity contribution >= 4 is 23.4 Å². The predicted molar refractivity (Wildman–Crippen MR) is 80.0 cm³/mol. The lowest BCUT2D eigenvalue weighted by atomic mass is 10.2. The van der Waals surface area contributed by atoms with Crippen LogP contribution in [0.5, 0.6) is 0 Å². The number of carbonyl (C=O) groups excluding carboxylic acids is 1. The van der Waals surface area contributed by atoms with E-state index in [0.29, 0.717) is 11.7 Å². The van der Waals surface area contributed by atoms with Crippen molar-refractivity contribution < 1.29 is 9.90 Å². The summed E-state index contributed by atoms with van der Waals surface area (Å²) >= 11 is 1.39. The molecule has 21 heavy (non-hydrogen) atoms. The minimum Gasteiger partial charge on any atom is -0.392 e. The summed E-state index contributed by atoms with van der Waals surface area (Å²) in [5.41, 5.74) is 1.46. The summed E-state index contributed by atoms with van der Waals surface area (Å²) in [5, 5.41) is 20.6. The molecule has 1 amide bonds. The standard InChI is InChI=1S/C14H16N4O2S/c19-7-10-2-1-3-11(6-10)16-13(20)8-21-14-17-15-9-18(14)12-4-5-12/h1-3,6,9,12,19H,4-5,7-8H2,(H,16,20). The van der Waals surface area contributed by atoms with E-state index in [9.17, 15) is 4.79 Å². The van der Waals surface area contributed by atoms with Gasteiger partial charge in [-0.3, -0.25) is 4.79 Å². The van der Waals surface area contributed by atoms with Crippen molar-refractivity contribution in [3.63, 3.8) is 0 Å². The third-order valence-electron chi connectivity index (χ3n) is 3.21. The van der Waals surface area contributed by atoms with Crippen LogP contribution < -0.4 is 5.32 Å². The zero-order valence-corrected chi connectivity index (χ0v) is 12.2. The molecule has 1 fully saturated rings. The van der Waals surface area contributed by atoms with Gasteiger partial charge in [-0.15, -0.1) is 10.2 Å². The lowest BCUT2D eigenvalue weighted by Gasteiger charge is -2.07. The number of aromatic nitrogens is 3. The van der Waals surface area contributed by atoms with Gasteiger partial charge in [0.25, 0.3) is 0 Å². The van der Waals surface area contributed by atoms with Crippen LogP contribution in [0, 0.1) is 0 Å². The Labute approximate surface area is 126 Å². The van der Waals surface area contributed by atoms with Crippen molar-refractivity contribution in [1.82, 2.24) is 14.8 Å². The highest BCUT2D eigenvalue weighted by Gasteiger charge is 2.26.